The normalized spacial score (nSPS) is 14.2. The summed E-state index contributed by atoms with van der Waals surface area (Å²) in [6, 6.07) is 6.76. The van der Waals surface area contributed by atoms with Crippen LogP contribution in [0, 0.1) is 17.5 Å². The smallest absolute Gasteiger partial charge is 0.265 e. The number of aromatic nitrogens is 3. The molecular formula is C29H25F3N6O5S. The van der Waals surface area contributed by atoms with Gasteiger partial charge in [-0.15, -0.1) is 0 Å². The van der Waals surface area contributed by atoms with E-state index in [1.165, 1.54) is 55.5 Å². The quantitative estimate of drug-likeness (QED) is 0.290. The van der Waals surface area contributed by atoms with Gasteiger partial charge in [-0.1, -0.05) is 6.07 Å². The van der Waals surface area contributed by atoms with E-state index in [4.69, 9.17) is 6.11 Å². The average Bonchev–Trinajstić information content (AvgIpc) is 3.00. The Balaban J connectivity index is 1.51. The standard InChI is InChI=1S/C29H25F3N6O5S/c1-17(39)6-9-24(40)37-10-12-38(13-11-37)28-25-21(34-16-35-28)8-7-19(26(25)31)18-14-22(29(43-2)33-15-18)36-44(41,42)23-5-3-4-20(30)27(23)32/h3-9,14-16,36H,10-13H2,1-2H3/b9-6+/i16D. The maximum atomic E-state index is 16.3. The number of rotatable bonds is 8. The van der Waals surface area contributed by atoms with E-state index in [0.717, 1.165) is 18.2 Å². The minimum Gasteiger partial charge on any atom is -0.480 e. The van der Waals surface area contributed by atoms with Crippen LogP contribution >= 0.6 is 0 Å². The van der Waals surface area contributed by atoms with Gasteiger partial charge >= 0.3 is 0 Å². The zero-order valence-corrected chi connectivity index (χ0v) is 24.2. The van der Waals surface area contributed by atoms with Crippen molar-refractivity contribution in [3.05, 3.63) is 78.5 Å². The first kappa shape index (κ1) is 29.0. The Morgan fingerprint density at radius 2 is 1.77 bits per heavy atom. The van der Waals surface area contributed by atoms with Crippen LogP contribution in [0.15, 0.2) is 65.9 Å². The highest BCUT2D eigenvalue weighted by Crippen LogP contribution is 2.36. The van der Waals surface area contributed by atoms with Gasteiger partial charge in [-0.05, 0) is 43.3 Å². The molecule has 0 unspecified atom stereocenters. The Kier molecular flexibility index (Phi) is 8.11. The lowest BCUT2D eigenvalue weighted by atomic mass is 10.0. The molecule has 1 fully saturated rings. The molecule has 5 rings (SSSR count). The highest BCUT2D eigenvalue weighted by molar-refractivity contribution is 7.92. The number of ether oxygens (including phenoxy) is 1. The summed E-state index contributed by atoms with van der Waals surface area (Å²) in [5.41, 5.74) is -0.0594. The first-order valence-corrected chi connectivity index (χ1v) is 14.6. The first-order chi connectivity index (χ1) is 21.4. The van der Waals surface area contributed by atoms with Gasteiger partial charge in [0.25, 0.3) is 10.0 Å². The molecule has 1 N–H and O–H groups in total. The highest BCUT2D eigenvalue weighted by atomic mass is 32.2. The number of anilines is 2. The summed E-state index contributed by atoms with van der Waals surface area (Å²) in [6.45, 7) is 2.33. The van der Waals surface area contributed by atoms with Gasteiger partial charge in [0.2, 0.25) is 11.8 Å². The van der Waals surface area contributed by atoms with Gasteiger partial charge in [-0.2, -0.15) is 0 Å². The van der Waals surface area contributed by atoms with Crippen LogP contribution in [0.2, 0.25) is 0 Å². The number of sulfonamides is 1. The van der Waals surface area contributed by atoms with Crippen LogP contribution in [0.1, 0.15) is 8.29 Å². The number of allylic oxidation sites excluding steroid dienone is 1. The van der Waals surface area contributed by atoms with E-state index in [-0.39, 0.29) is 83.6 Å². The van der Waals surface area contributed by atoms with Gasteiger partial charge in [-0.3, -0.25) is 14.3 Å². The summed E-state index contributed by atoms with van der Waals surface area (Å²) >= 11 is 0. The van der Waals surface area contributed by atoms with Gasteiger partial charge in [0, 0.05) is 49.6 Å². The SMILES string of the molecule is [2H]c1nc(N2CCN(C(=O)/C=C/C(C)=O)CC2)c2c(F)c(-c3cnc(OC)c(NS(=O)(=O)c4cccc(F)c4F)c3)ccc2n1. The lowest BCUT2D eigenvalue weighted by Crippen LogP contribution is -2.48. The van der Waals surface area contributed by atoms with Crippen molar-refractivity contribution >= 4 is 44.1 Å². The third-order valence-electron chi connectivity index (χ3n) is 6.83. The number of carbonyl (C=O) groups excluding carboxylic acids is 2. The van der Waals surface area contributed by atoms with Gasteiger partial charge in [0.1, 0.15) is 29.9 Å². The first-order valence-electron chi connectivity index (χ1n) is 13.6. The molecule has 1 saturated heterocycles. The molecule has 0 bridgehead atoms. The maximum absolute atomic E-state index is 16.3. The van der Waals surface area contributed by atoms with E-state index in [9.17, 15) is 26.8 Å². The Bertz CT molecular complexity index is 1970. The second kappa shape index (κ2) is 12.3. The second-order valence-electron chi connectivity index (χ2n) is 9.66. The number of nitrogens with one attached hydrogen (secondary N) is 1. The van der Waals surface area contributed by atoms with Crippen molar-refractivity contribution in [3.8, 4) is 17.0 Å². The second-order valence-corrected chi connectivity index (χ2v) is 11.3. The van der Waals surface area contributed by atoms with Crippen molar-refractivity contribution < 1.29 is 37.3 Å². The molecule has 1 aliphatic rings. The van der Waals surface area contributed by atoms with Crippen molar-refractivity contribution in [1.29, 1.82) is 0 Å². The highest BCUT2D eigenvalue weighted by Gasteiger charge is 2.26. The lowest BCUT2D eigenvalue weighted by Gasteiger charge is -2.35. The molecule has 0 radical (unpaired) electrons. The molecule has 11 nitrogen and oxygen atoms in total. The van der Waals surface area contributed by atoms with Gasteiger partial charge in [0.15, 0.2) is 17.4 Å². The van der Waals surface area contributed by atoms with Crippen molar-refractivity contribution in [1.82, 2.24) is 19.9 Å². The number of carbonyl (C=O) groups is 2. The zero-order valence-electron chi connectivity index (χ0n) is 24.3. The monoisotopic (exact) mass is 627 g/mol. The number of ketones is 1. The topological polar surface area (TPSA) is 135 Å². The fourth-order valence-electron chi connectivity index (χ4n) is 4.66. The number of fused-ring (bicyclic) bond motifs is 1. The molecule has 3 heterocycles. The molecule has 44 heavy (non-hydrogen) atoms. The predicted octanol–water partition coefficient (Wildman–Crippen LogP) is 3.71. The minimum absolute atomic E-state index is 0.0143. The van der Waals surface area contributed by atoms with Gasteiger partial charge in [0.05, 0.1) is 18.0 Å². The summed E-state index contributed by atoms with van der Waals surface area (Å²) in [6.07, 6.45) is 3.26. The van der Waals surface area contributed by atoms with Crippen LogP contribution in [0.4, 0.5) is 24.7 Å². The number of nitrogens with zero attached hydrogens (tertiary/aromatic N) is 5. The van der Waals surface area contributed by atoms with Crippen LogP contribution < -0.4 is 14.4 Å². The average molecular weight is 628 g/mol. The minimum atomic E-state index is -4.66. The third-order valence-corrected chi connectivity index (χ3v) is 8.21. The van der Waals surface area contributed by atoms with E-state index in [0.29, 0.717) is 0 Å². The lowest BCUT2D eigenvalue weighted by molar-refractivity contribution is -0.126. The van der Waals surface area contributed by atoms with E-state index in [1.807, 2.05) is 0 Å². The molecule has 1 amide bonds. The summed E-state index contributed by atoms with van der Waals surface area (Å²) < 4.78 is 85.7. The van der Waals surface area contributed by atoms with Crippen molar-refractivity contribution in [3.63, 3.8) is 0 Å². The van der Waals surface area contributed by atoms with Crippen LogP contribution in [0.5, 0.6) is 5.88 Å². The number of amides is 1. The molecular weight excluding hydrogens is 601 g/mol. The Labute approximate surface area is 251 Å². The van der Waals surface area contributed by atoms with Crippen LogP contribution in [0.3, 0.4) is 0 Å². The molecule has 4 aromatic rings. The molecule has 0 aliphatic carbocycles. The molecule has 1 aliphatic heterocycles. The molecule has 2 aromatic heterocycles. The number of methoxy groups -OCH3 is 1. The van der Waals surface area contributed by atoms with E-state index in [2.05, 4.69) is 19.7 Å². The largest absolute Gasteiger partial charge is 0.480 e. The van der Waals surface area contributed by atoms with E-state index >= 15 is 4.39 Å². The van der Waals surface area contributed by atoms with E-state index < -0.39 is 32.4 Å². The number of hydrogen-bond donors (Lipinski definition) is 1. The summed E-state index contributed by atoms with van der Waals surface area (Å²) in [5.74, 6) is -4.42. The number of hydrogen-bond acceptors (Lipinski definition) is 9. The molecule has 0 atom stereocenters. The number of benzene rings is 2. The van der Waals surface area contributed by atoms with Crippen molar-refractivity contribution in [2.24, 2.45) is 0 Å². The van der Waals surface area contributed by atoms with Crippen molar-refractivity contribution in [2.75, 3.05) is 42.9 Å². The van der Waals surface area contributed by atoms with E-state index in [1.54, 1.807) is 4.90 Å². The molecule has 228 valence electrons. The fourth-order valence-corrected chi connectivity index (χ4v) is 5.80. The molecule has 0 spiro atoms. The van der Waals surface area contributed by atoms with Gasteiger partial charge < -0.3 is 14.5 Å². The molecule has 15 heteroatoms. The number of pyridine rings is 1. The maximum Gasteiger partial charge on any atom is 0.265 e. The number of piperazine rings is 1. The van der Waals surface area contributed by atoms with Crippen LogP contribution in [-0.2, 0) is 19.6 Å². The summed E-state index contributed by atoms with van der Waals surface area (Å²) in [7, 11) is -3.45. The number of halogens is 3. The van der Waals surface area contributed by atoms with Gasteiger partial charge in [-0.25, -0.2) is 36.5 Å². The fraction of sp³-hybridized carbons (Fsp3) is 0.207. The summed E-state index contributed by atoms with van der Waals surface area (Å²) in [4.78, 5) is 38.2. The molecule has 2 aromatic carbocycles. The van der Waals surface area contributed by atoms with Crippen molar-refractivity contribution in [2.45, 2.75) is 11.8 Å². The zero-order chi connectivity index (χ0) is 32.5. The molecule has 0 saturated carbocycles. The Hall–Kier alpha value is -5.05. The Morgan fingerprint density at radius 1 is 1.02 bits per heavy atom. The Morgan fingerprint density at radius 3 is 2.48 bits per heavy atom. The third kappa shape index (κ3) is 6.04. The van der Waals surface area contributed by atoms with Crippen LogP contribution in [-0.4, -0.2) is 73.2 Å². The predicted molar refractivity (Wildman–Crippen MR) is 155 cm³/mol. The summed E-state index contributed by atoms with van der Waals surface area (Å²) in [5, 5.41) is -0.0143. The van der Waals surface area contributed by atoms with Crippen LogP contribution in [0.25, 0.3) is 22.0 Å².